The van der Waals surface area contributed by atoms with Gasteiger partial charge < -0.3 is 14.2 Å². The van der Waals surface area contributed by atoms with Gasteiger partial charge in [0.2, 0.25) is 0 Å². The van der Waals surface area contributed by atoms with Crippen LogP contribution in [0.15, 0.2) is 75.3 Å². The van der Waals surface area contributed by atoms with Crippen molar-refractivity contribution in [2.24, 2.45) is 18.4 Å². The van der Waals surface area contributed by atoms with Crippen molar-refractivity contribution in [1.29, 1.82) is 0 Å². The number of halogens is 2. The largest absolute Gasteiger partial charge is 0.438 e. The lowest BCUT2D eigenvalue weighted by atomic mass is 9.68. The molecule has 15 nitrogen and oxygen atoms in total. The number of nitrogens with zero attached hydrogens (tertiary/aromatic N) is 9. The van der Waals surface area contributed by atoms with Crippen LogP contribution >= 0.6 is 0 Å². The normalized spacial score (nSPS) is 23.0. The number of hydrogen-bond acceptors (Lipinski definition) is 8. The molecule has 340 valence electrons. The molecule has 3 aliphatic heterocycles. The average molecular weight is 897 g/mol. The lowest BCUT2D eigenvalue weighted by Crippen LogP contribution is -2.42. The zero-order chi connectivity index (χ0) is 45.6. The molecule has 5 aromatic heterocycles. The summed E-state index contributed by atoms with van der Waals surface area (Å²) in [4.78, 5) is 47.3. The molecule has 1 saturated heterocycles. The first-order chi connectivity index (χ1) is 31.6. The summed E-state index contributed by atoms with van der Waals surface area (Å²) in [6.07, 6.45) is 16.2. The number of ether oxygens (including phenoxy) is 1. The summed E-state index contributed by atoms with van der Waals surface area (Å²) >= 11 is 0. The standard InChI is InChI=1S/C49H50F2N10O5/c1-27-39-35(54-61(30-8-9-34(50)31(22-30)28-6-7-28)42(39)60-20-19-59(46(60)64)38-11-10-36-32(41(38)51)24-52-56(36)5)13-18-58(27)43(62)33-25-57-26-48(4,29-14-21-65-47(2,3)23-29)15-12-37(57)40(33)49(16-17-49)44-53-45(63)66-55-44/h8-12,15,19-20,22,24-25,27-29H,6-7,13-14,16-18,21,23,26H2,1-5H3,(H,53,55,63)/t27-,29+,48?/m0/s1. The van der Waals surface area contributed by atoms with Crippen molar-refractivity contribution in [1.82, 2.24) is 48.3 Å². The van der Waals surface area contributed by atoms with E-state index in [1.54, 1.807) is 46.9 Å². The van der Waals surface area contributed by atoms with E-state index in [9.17, 15) is 9.59 Å². The molecule has 17 heteroatoms. The summed E-state index contributed by atoms with van der Waals surface area (Å²) in [6.45, 7) is 10.2. The highest BCUT2D eigenvalue weighted by Gasteiger charge is 2.55. The number of rotatable bonds is 8. The minimum absolute atomic E-state index is 0.0557. The van der Waals surface area contributed by atoms with Gasteiger partial charge >= 0.3 is 11.4 Å². The fraction of sp³-hybridized carbons (Fsp3) is 0.429. The van der Waals surface area contributed by atoms with Crippen molar-refractivity contribution in [3.63, 3.8) is 0 Å². The van der Waals surface area contributed by atoms with E-state index in [2.05, 4.69) is 52.7 Å². The van der Waals surface area contributed by atoms with E-state index in [0.717, 1.165) is 36.9 Å². The summed E-state index contributed by atoms with van der Waals surface area (Å²) < 4.78 is 50.7. The number of nitrogens with one attached hydrogen (secondary N) is 1. The van der Waals surface area contributed by atoms with Crippen molar-refractivity contribution in [2.75, 3.05) is 13.2 Å². The van der Waals surface area contributed by atoms with E-state index in [-0.39, 0.29) is 39.7 Å². The lowest BCUT2D eigenvalue weighted by molar-refractivity contribution is -0.0917. The molecule has 2 saturated carbocycles. The first-order valence-electron chi connectivity index (χ1n) is 22.9. The number of aromatic nitrogens is 9. The zero-order valence-corrected chi connectivity index (χ0v) is 37.5. The van der Waals surface area contributed by atoms with Gasteiger partial charge in [-0.15, -0.1) is 0 Å². The van der Waals surface area contributed by atoms with Crippen molar-refractivity contribution in [3.05, 3.63) is 133 Å². The Morgan fingerprint density at radius 3 is 2.56 bits per heavy atom. The van der Waals surface area contributed by atoms with E-state index < -0.39 is 28.7 Å². The molecule has 0 spiro atoms. The Hall–Kier alpha value is -6.62. The Morgan fingerprint density at radius 2 is 1.82 bits per heavy atom. The number of allylic oxidation sites excluding steroid dienone is 1. The average Bonchev–Trinajstić information content (AvgIpc) is 4.04. The molecular formula is C49H50F2N10O5. The highest BCUT2D eigenvalue weighted by molar-refractivity contribution is 5.98. The Morgan fingerprint density at radius 1 is 1.02 bits per heavy atom. The number of imidazole rings is 1. The van der Waals surface area contributed by atoms with Crippen LogP contribution in [0.3, 0.4) is 0 Å². The van der Waals surface area contributed by atoms with Gasteiger partial charge in [0.05, 0.1) is 56.8 Å². The van der Waals surface area contributed by atoms with Crippen molar-refractivity contribution < 1.29 is 22.8 Å². The van der Waals surface area contributed by atoms with Crippen molar-refractivity contribution >= 4 is 22.9 Å². The molecule has 12 rings (SSSR count). The van der Waals surface area contributed by atoms with Gasteiger partial charge in [-0.3, -0.25) is 28.1 Å². The van der Waals surface area contributed by atoms with Crippen molar-refractivity contribution in [3.8, 4) is 17.2 Å². The molecule has 8 heterocycles. The van der Waals surface area contributed by atoms with Crippen molar-refractivity contribution in [2.45, 2.75) is 102 Å². The summed E-state index contributed by atoms with van der Waals surface area (Å²) in [7, 11) is 1.73. The molecule has 0 bridgehead atoms. The number of aromatic amines is 1. The minimum Gasteiger partial charge on any atom is -0.376 e. The van der Waals surface area contributed by atoms with Crippen LogP contribution in [-0.2, 0) is 30.2 Å². The van der Waals surface area contributed by atoms with Crippen LogP contribution in [0.1, 0.15) is 122 Å². The van der Waals surface area contributed by atoms with Crippen LogP contribution < -0.4 is 11.4 Å². The third-order valence-electron chi connectivity index (χ3n) is 15.3. The van der Waals surface area contributed by atoms with Gasteiger partial charge in [0.15, 0.2) is 11.6 Å². The van der Waals surface area contributed by atoms with E-state index in [1.165, 1.54) is 27.6 Å². The first kappa shape index (κ1) is 40.9. The molecule has 1 N–H and O–H groups in total. The van der Waals surface area contributed by atoms with Gasteiger partial charge in [0, 0.05) is 74.0 Å². The SMILES string of the molecule is C[C@H]1c2c(nn(-c3ccc(F)c(C4CC4)c3)c2-n2ccn(-c3ccc4c(cnn4C)c3F)c2=O)CCN1C(=O)c1cn2c(c1C1(c3noc(=O)[nH]3)CC1)C=CC(C)([C@@H]1CCOC(C)(C)C1)C2. The molecule has 0 radical (unpaired) electrons. The predicted molar refractivity (Wildman–Crippen MR) is 239 cm³/mol. The lowest BCUT2D eigenvalue weighted by Gasteiger charge is -2.45. The molecule has 2 aliphatic carbocycles. The van der Waals surface area contributed by atoms with Crippen LogP contribution in [-0.4, -0.2) is 73.0 Å². The maximum absolute atomic E-state index is 16.2. The fourth-order valence-corrected chi connectivity index (χ4v) is 11.4. The van der Waals surface area contributed by atoms with Crippen LogP contribution in [0.4, 0.5) is 8.78 Å². The molecule has 1 amide bonds. The van der Waals surface area contributed by atoms with Crippen LogP contribution in [0.2, 0.25) is 0 Å². The zero-order valence-electron chi connectivity index (χ0n) is 37.5. The van der Waals surface area contributed by atoms with Crippen LogP contribution in [0.25, 0.3) is 34.2 Å². The molecule has 3 fully saturated rings. The van der Waals surface area contributed by atoms with Gasteiger partial charge in [-0.25, -0.2) is 23.1 Å². The summed E-state index contributed by atoms with van der Waals surface area (Å²) in [5.74, 6) is -0.523. The van der Waals surface area contributed by atoms with E-state index >= 15 is 13.6 Å². The molecule has 2 aromatic carbocycles. The number of benzene rings is 2. The van der Waals surface area contributed by atoms with E-state index in [1.807, 2.05) is 18.0 Å². The molecule has 7 aromatic rings. The van der Waals surface area contributed by atoms with Crippen LogP contribution in [0, 0.1) is 23.0 Å². The third-order valence-corrected chi connectivity index (χ3v) is 15.3. The predicted octanol–water partition coefficient (Wildman–Crippen LogP) is 7.41. The Labute approximate surface area is 377 Å². The topological polar surface area (TPSA) is 156 Å². The highest BCUT2D eigenvalue weighted by atomic mass is 19.1. The third kappa shape index (κ3) is 6.14. The first-order valence-corrected chi connectivity index (χ1v) is 22.9. The fourth-order valence-electron chi connectivity index (χ4n) is 11.4. The number of carbonyl (C=O) groups excluding carboxylic acids is 1. The van der Waals surface area contributed by atoms with Gasteiger partial charge in [0.1, 0.15) is 11.6 Å². The van der Waals surface area contributed by atoms with Gasteiger partial charge in [-0.05, 0) is 113 Å². The van der Waals surface area contributed by atoms with Gasteiger partial charge in [-0.1, -0.05) is 18.2 Å². The van der Waals surface area contributed by atoms with E-state index in [0.29, 0.717) is 90.1 Å². The number of H-pyrrole nitrogens is 1. The summed E-state index contributed by atoms with van der Waals surface area (Å²) in [5.41, 5.74) is 3.60. The monoisotopic (exact) mass is 896 g/mol. The molecule has 1 unspecified atom stereocenters. The van der Waals surface area contributed by atoms with Gasteiger partial charge in [-0.2, -0.15) is 10.2 Å². The number of aryl methyl sites for hydroxylation is 1. The number of hydrogen-bond donors (Lipinski definition) is 1. The highest BCUT2D eigenvalue weighted by Crippen LogP contribution is 2.57. The van der Waals surface area contributed by atoms with Gasteiger partial charge in [0.25, 0.3) is 5.91 Å². The van der Waals surface area contributed by atoms with Crippen LogP contribution in [0.5, 0.6) is 0 Å². The minimum atomic E-state index is -0.733. The Kier molecular flexibility index (Phi) is 8.79. The Balaban J connectivity index is 0.980. The second-order valence-corrected chi connectivity index (χ2v) is 20.0. The summed E-state index contributed by atoms with van der Waals surface area (Å²) in [5, 5.41) is 13.8. The maximum atomic E-state index is 16.2. The smallest absolute Gasteiger partial charge is 0.376 e. The molecule has 66 heavy (non-hydrogen) atoms. The Bertz CT molecular complexity index is 3310. The second kappa shape index (κ2) is 14.2. The molecule has 3 atom stereocenters. The number of amides is 1. The number of fused-ring (bicyclic) bond motifs is 3. The quantitative estimate of drug-likeness (QED) is 0.165. The molecular weight excluding hydrogens is 847 g/mol. The number of carbonyl (C=O) groups is 1. The maximum Gasteiger partial charge on any atom is 0.438 e. The second-order valence-electron chi connectivity index (χ2n) is 20.0. The van der Waals surface area contributed by atoms with E-state index in [4.69, 9.17) is 14.4 Å². The molecule has 5 aliphatic rings. The summed E-state index contributed by atoms with van der Waals surface area (Å²) in [6, 6.07) is 7.56.